The topological polar surface area (TPSA) is 109 Å². The van der Waals surface area contributed by atoms with E-state index < -0.39 is 5.60 Å². The van der Waals surface area contributed by atoms with Gasteiger partial charge in [0, 0.05) is 57.0 Å². The Morgan fingerprint density at radius 3 is 2.24 bits per heavy atom. The van der Waals surface area contributed by atoms with Gasteiger partial charge < -0.3 is 29.3 Å². The van der Waals surface area contributed by atoms with Gasteiger partial charge >= 0.3 is 6.09 Å². The molecule has 2 saturated heterocycles. The molecule has 6 rings (SSSR count). The van der Waals surface area contributed by atoms with Crippen LogP contribution >= 0.6 is 0 Å². The van der Waals surface area contributed by atoms with Gasteiger partial charge in [0.2, 0.25) is 5.95 Å². The van der Waals surface area contributed by atoms with Crippen LogP contribution in [0.5, 0.6) is 0 Å². The van der Waals surface area contributed by atoms with Gasteiger partial charge in [0.05, 0.1) is 0 Å². The van der Waals surface area contributed by atoms with Crippen LogP contribution in [0, 0.1) is 0 Å². The number of amides is 2. The molecule has 0 aromatic carbocycles. The lowest BCUT2D eigenvalue weighted by Gasteiger charge is -2.42. The summed E-state index contributed by atoms with van der Waals surface area (Å²) in [4.78, 5) is 45.7. The van der Waals surface area contributed by atoms with Gasteiger partial charge in [-0.15, -0.1) is 0 Å². The number of rotatable bonds is 6. The molecule has 11 heteroatoms. The molecule has 0 atom stereocenters. The van der Waals surface area contributed by atoms with Gasteiger partial charge in [-0.25, -0.2) is 14.8 Å². The highest BCUT2D eigenvalue weighted by atomic mass is 16.6. The molecule has 1 saturated carbocycles. The van der Waals surface area contributed by atoms with Gasteiger partial charge in [0.15, 0.2) is 0 Å². The highest BCUT2D eigenvalue weighted by Gasteiger charge is 2.32. The number of ether oxygens (including phenoxy) is 1. The number of hydrogen-bond acceptors (Lipinski definition) is 8. The molecule has 1 N–H and O–H groups in total. The molecule has 3 aromatic heterocycles. The Morgan fingerprint density at radius 2 is 1.62 bits per heavy atom. The van der Waals surface area contributed by atoms with Crippen LogP contribution in [0.4, 0.5) is 16.6 Å². The van der Waals surface area contributed by atoms with E-state index in [1.807, 2.05) is 44.0 Å². The van der Waals surface area contributed by atoms with Crippen molar-refractivity contribution in [2.24, 2.45) is 0 Å². The largest absolute Gasteiger partial charge is 0.444 e. The Hall–Kier alpha value is -3.73. The minimum absolute atomic E-state index is 0.0129. The van der Waals surface area contributed by atoms with E-state index >= 15 is 0 Å². The number of fused-ring (bicyclic) bond motifs is 1. The van der Waals surface area contributed by atoms with Crippen LogP contribution in [0.3, 0.4) is 0 Å². The fourth-order valence-corrected chi connectivity index (χ4v) is 7.17. The van der Waals surface area contributed by atoms with Gasteiger partial charge in [0.1, 0.15) is 22.8 Å². The van der Waals surface area contributed by atoms with Crippen molar-refractivity contribution < 1.29 is 14.3 Å². The second-order valence-electron chi connectivity index (χ2n) is 14.1. The van der Waals surface area contributed by atoms with Gasteiger partial charge in [-0.1, -0.05) is 18.9 Å². The first kappa shape index (κ1) is 31.3. The van der Waals surface area contributed by atoms with Gasteiger partial charge in [-0.2, -0.15) is 4.98 Å². The Bertz CT molecular complexity index is 1490. The summed E-state index contributed by atoms with van der Waals surface area (Å²) in [5, 5.41) is 4.17. The lowest BCUT2D eigenvalue weighted by molar-refractivity contribution is 0.0127. The molecule has 1 aliphatic carbocycles. The van der Waals surface area contributed by atoms with Crippen LogP contribution in [-0.4, -0.2) is 98.1 Å². The quantitative estimate of drug-likeness (QED) is 0.361. The first-order chi connectivity index (χ1) is 21.6. The molecule has 2 aliphatic heterocycles. The van der Waals surface area contributed by atoms with Crippen molar-refractivity contribution in [3.05, 3.63) is 41.9 Å². The van der Waals surface area contributed by atoms with E-state index in [0.29, 0.717) is 29.4 Å². The predicted octanol–water partition coefficient (Wildman–Crippen LogP) is 5.97. The Balaban J connectivity index is 1.05. The van der Waals surface area contributed by atoms with Crippen molar-refractivity contribution in [2.75, 3.05) is 45.6 Å². The molecular formula is C34H48N8O3. The molecular weight excluding hydrogens is 568 g/mol. The number of carbonyl (C=O) groups is 2. The maximum Gasteiger partial charge on any atom is 0.410 e. The zero-order valence-corrected chi connectivity index (χ0v) is 27.5. The van der Waals surface area contributed by atoms with Crippen molar-refractivity contribution in [1.82, 2.24) is 34.2 Å². The predicted molar refractivity (Wildman–Crippen MR) is 175 cm³/mol. The van der Waals surface area contributed by atoms with E-state index in [9.17, 15) is 9.59 Å². The molecule has 0 spiro atoms. The molecule has 5 heterocycles. The summed E-state index contributed by atoms with van der Waals surface area (Å²) >= 11 is 0. The van der Waals surface area contributed by atoms with E-state index in [0.717, 1.165) is 75.7 Å². The average molecular weight is 617 g/mol. The summed E-state index contributed by atoms with van der Waals surface area (Å²) in [7, 11) is 3.57. The fourth-order valence-electron chi connectivity index (χ4n) is 7.17. The van der Waals surface area contributed by atoms with Crippen molar-refractivity contribution in [3.63, 3.8) is 0 Å². The minimum atomic E-state index is -0.457. The van der Waals surface area contributed by atoms with Crippen LogP contribution in [-0.2, 0) is 4.74 Å². The number of likely N-dealkylation sites (tertiary alicyclic amines) is 2. The van der Waals surface area contributed by atoms with Gasteiger partial charge in [0.25, 0.3) is 5.91 Å². The second kappa shape index (κ2) is 12.9. The number of piperidine rings is 2. The van der Waals surface area contributed by atoms with E-state index in [1.165, 1.54) is 18.4 Å². The summed E-state index contributed by atoms with van der Waals surface area (Å²) in [6.07, 6.45) is 12.2. The molecule has 0 unspecified atom stereocenters. The molecule has 45 heavy (non-hydrogen) atoms. The van der Waals surface area contributed by atoms with Gasteiger partial charge in [-0.3, -0.25) is 4.79 Å². The standard InChI is InChI=1S/C34H48N8O3/c1-34(2,3)45-33(44)41-18-14-26(15-19-41)40-16-12-23(13-17-40)24-10-11-29(35-21-24)37-32-36-22-25-20-28(31(43)39(4)5)42(30(25)38-32)27-8-6-7-9-27/h10-11,20-23,26-27H,6-9,12-19H2,1-5H3,(H,35,36,37,38). The number of nitrogens with one attached hydrogen (secondary N) is 1. The van der Waals surface area contributed by atoms with Crippen molar-refractivity contribution in [1.29, 1.82) is 0 Å². The van der Waals surface area contributed by atoms with E-state index in [1.54, 1.807) is 25.2 Å². The van der Waals surface area contributed by atoms with Crippen LogP contribution < -0.4 is 5.32 Å². The molecule has 0 radical (unpaired) electrons. The Morgan fingerprint density at radius 1 is 0.911 bits per heavy atom. The molecule has 3 aromatic rings. The summed E-state index contributed by atoms with van der Waals surface area (Å²) in [6.45, 7) is 9.39. The monoisotopic (exact) mass is 616 g/mol. The zero-order chi connectivity index (χ0) is 31.7. The van der Waals surface area contributed by atoms with Crippen molar-refractivity contribution in [2.45, 2.75) is 95.7 Å². The Labute approximate surface area is 266 Å². The first-order valence-corrected chi connectivity index (χ1v) is 16.6. The van der Waals surface area contributed by atoms with Crippen LogP contribution in [0.25, 0.3) is 11.0 Å². The third kappa shape index (κ3) is 7.08. The van der Waals surface area contributed by atoms with Crippen LogP contribution in [0.15, 0.2) is 30.6 Å². The smallest absolute Gasteiger partial charge is 0.410 e. The highest BCUT2D eigenvalue weighted by Crippen LogP contribution is 2.35. The second-order valence-corrected chi connectivity index (χ2v) is 14.1. The highest BCUT2D eigenvalue weighted by molar-refractivity contribution is 5.97. The lowest BCUT2D eigenvalue weighted by atomic mass is 9.89. The van der Waals surface area contributed by atoms with Crippen LogP contribution in [0.2, 0.25) is 0 Å². The maximum atomic E-state index is 13.0. The molecule has 242 valence electrons. The number of nitrogens with zero attached hydrogens (tertiary/aromatic N) is 7. The van der Waals surface area contributed by atoms with Gasteiger partial charge in [-0.05, 0) is 96.0 Å². The summed E-state index contributed by atoms with van der Waals surface area (Å²) in [5.41, 5.74) is 2.27. The third-order valence-electron chi connectivity index (χ3n) is 9.55. The fraction of sp³-hybridized carbons (Fsp3) is 0.618. The summed E-state index contributed by atoms with van der Waals surface area (Å²) in [6, 6.07) is 6.91. The van der Waals surface area contributed by atoms with E-state index in [-0.39, 0.29) is 18.0 Å². The average Bonchev–Trinajstić information content (AvgIpc) is 3.68. The SMILES string of the molecule is CN(C)C(=O)c1cc2cnc(Nc3ccc(C4CCN(C5CCN(C(=O)OC(C)(C)C)CC5)CC4)cn3)nc2n1C1CCCC1. The molecule has 0 bridgehead atoms. The number of carbonyl (C=O) groups excluding carboxylic acids is 2. The van der Waals surface area contributed by atoms with Crippen molar-refractivity contribution in [3.8, 4) is 0 Å². The summed E-state index contributed by atoms with van der Waals surface area (Å²) < 4.78 is 7.69. The molecule has 3 aliphatic rings. The number of anilines is 2. The number of hydrogen-bond donors (Lipinski definition) is 1. The van der Waals surface area contributed by atoms with Crippen LogP contribution in [0.1, 0.15) is 100 Å². The molecule has 3 fully saturated rings. The third-order valence-corrected chi connectivity index (χ3v) is 9.55. The molecule has 11 nitrogen and oxygen atoms in total. The van der Waals surface area contributed by atoms with Crippen molar-refractivity contribution >= 4 is 34.8 Å². The molecule has 2 amide bonds. The number of pyridine rings is 1. The maximum absolute atomic E-state index is 13.0. The normalized spacial score (nSPS) is 19.3. The zero-order valence-electron chi connectivity index (χ0n) is 27.5. The minimum Gasteiger partial charge on any atom is -0.444 e. The lowest BCUT2D eigenvalue weighted by Crippen LogP contribution is -2.49. The number of aromatic nitrogens is 4. The van der Waals surface area contributed by atoms with E-state index in [4.69, 9.17) is 14.7 Å². The summed E-state index contributed by atoms with van der Waals surface area (Å²) in [5.74, 6) is 1.66. The van der Waals surface area contributed by atoms with E-state index in [2.05, 4.69) is 25.8 Å². The first-order valence-electron chi connectivity index (χ1n) is 16.6. The Kier molecular flexibility index (Phi) is 8.99.